The Morgan fingerprint density at radius 1 is 1.08 bits per heavy atom. The molecule has 4 N–H and O–H groups in total. The molecule has 3 rings (SSSR count). The Hall–Kier alpha value is -0.530. The third kappa shape index (κ3) is 4.55. The van der Waals surface area contributed by atoms with E-state index < -0.39 is 5.23 Å². The summed E-state index contributed by atoms with van der Waals surface area (Å²) >= 11 is 0. The minimum Gasteiger partial charge on any atom is -0.600 e. The van der Waals surface area contributed by atoms with Gasteiger partial charge in [-0.05, 0) is 45.1 Å². The highest BCUT2D eigenvalue weighted by Crippen LogP contribution is 2.23. The van der Waals surface area contributed by atoms with Crippen LogP contribution in [0.3, 0.4) is 0 Å². The van der Waals surface area contributed by atoms with Crippen LogP contribution in [0.5, 0.6) is 0 Å². The van der Waals surface area contributed by atoms with E-state index >= 15 is 0 Å². The Morgan fingerprint density at radius 3 is 2.50 bits per heavy atom. The summed E-state index contributed by atoms with van der Waals surface area (Å²) in [5, 5.41) is 23.2. The van der Waals surface area contributed by atoms with Gasteiger partial charge in [-0.15, -0.1) is 0 Å². The smallest absolute Gasteiger partial charge is 0.189 e. The molecule has 3 fully saturated rings. The number of rotatable bonds is 5. The fourth-order valence-corrected chi connectivity index (χ4v) is 5.06. The lowest BCUT2D eigenvalue weighted by Crippen LogP contribution is -3.19. The summed E-state index contributed by atoms with van der Waals surface area (Å²) in [6.07, 6.45) is 10.5. The molecule has 0 amide bonds. The molecule has 2 heterocycles. The van der Waals surface area contributed by atoms with Crippen molar-refractivity contribution >= 4 is 5.78 Å². The van der Waals surface area contributed by atoms with Crippen LogP contribution < -0.4 is 15.4 Å². The van der Waals surface area contributed by atoms with Gasteiger partial charge in [-0.1, -0.05) is 6.42 Å². The first kappa shape index (κ1) is 18.3. The van der Waals surface area contributed by atoms with Gasteiger partial charge in [0.2, 0.25) is 0 Å². The van der Waals surface area contributed by atoms with Gasteiger partial charge in [0, 0.05) is 25.2 Å². The number of likely N-dealkylation sites (tertiary alicyclic amines) is 1. The van der Waals surface area contributed by atoms with Crippen LogP contribution in [-0.4, -0.2) is 48.8 Å². The largest absolute Gasteiger partial charge is 0.600 e. The normalized spacial score (nSPS) is 39.3. The average Bonchev–Trinajstić information content (AvgIpc) is 2.63. The predicted molar refractivity (Wildman–Crippen MR) is 90.8 cm³/mol. The van der Waals surface area contributed by atoms with E-state index in [1.165, 1.54) is 43.4 Å². The van der Waals surface area contributed by atoms with E-state index in [9.17, 15) is 10.0 Å². The van der Waals surface area contributed by atoms with Crippen LogP contribution in [0.4, 0.5) is 0 Å². The highest BCUT2D eigenvalue weighted by Gasteiger charge is 2.37. The number of quaternary nitrogens is 2. The quantitative estimate of drug-likeness (QED) is 0.507. The fraction of sp³-hybridized carbons (Fsp3) is 0.944. The number of piperidine rings is 2. The minimum atomic E-state index is -0.689. The zero-order valence-electron chi connectivity index (χ0n) is 14.8. The third-order valence-corrected chi connectivity index (χ3v) is 6.55. The second kappa shape index (κ2) is 8.72. The molecule has 1 saturated carbocycles. The molecule has 4 atom stereocenters. The van der Waals surface area contributed by atoms with Gasteiger partial charge in [0.1, 0.15) is 18.6 Å². The predicted octanol–water partition coefficient (Wildman–Crippen LogP) is -0.534. The van der Waals surface area contributed by atoms with Crippen LogP contribution in [0.15, 0.2) is 0 Å². The number of nitrogens with one attached hydrogen (secondary N) is 3. The minimum absolute atomic E-state index is 0.106. The highest BCUT2D eigenvalue weighted by molar-refractivity contribution is 5.82. The molecule has 24 heavy (non-hydrogen) atoms. The van der Waals surface area contributed by atoms with E-state index in [-0.39, 0.29) is 12.0 Å². The van der Waals surface area contributed by atoms with Gasteiger partial charge in [0.05, 0.1) is 12.6 Å². The van der Waals surface area contributed by atoms with E-state index in [1.54, 1.807) is 0 Å². The lowest BCUT2D eigenvalue weighted by atomic mass is 9.83. The Labute approximate surface area is 145 Å². The van der Waals surface area contributed by atoms with Crippen LogP contribution in [0.1, 0.15) is 64.2 Å². The van der Waals surface area contributed by atoms with Gasteiger partial charge in [0.15, 0.2) is 5.78 Å². The second-order valence-electron chi connectivity index (χ2n) is 8.10. The molecule has 138 valence electrons. The Morgan fingerprint density at radius 2 is 1.83 bits per heavy atom. The summed E-state index contributed by atoms with van der Waals surface area (Å²) in [6, 6.07) is 0.957. The van der Waals surface area contributed by atoms with Crippen LogP contribution in [0.2, 0.25) is 0 Å². The number of carbonyl (C=O) groups is 1. The van der Waals surface area contributed by atoms with Gasteiger partial charge in [-0.2, -0.15) is 0 Å². The Balaban J connectivity index is 1.52. The fourth-order valence-electron chi connectivity index (χ4n) is 5.06. The lowest BCUT2D eigenvalue weighted by molar-refractivity contribution is -1.07. The third-order valence-electron chi connectivity index (χ3n) is 6.55. The molecular formula is C18H34N3O3+. The maximum Gasteiger partial charge on any atom is 0.189 e. The highest BCUT2D eigenvalue weighted by atomic mass is 16.8. The van der Waals surface area contributed by atoms with Crippen molar-refractivity contribution < 1.29 is 20.1 Å². The van der Waals surface area contributed by atoms with Crippen LogP contribution in [-0.2, 0) is 4.79 Å². The summed E-state index contributed by atoms with van der Waals surface area (Å²) in [7, 11) is 0. The van der Waals surface area contributed by atoms with Crippen molar-refractivity contribution in [3.05, 3.63) is 5.21 Å². The van der Waals surface area contributed by atoms with Crippen LogP contribution in [0, 0.1) is 11.1 Å². The van der Waals surface area contributed by atoms with E-state index in [1.807, 2.05) is 0 Å². The van der Waals surface area contributed by atoms with E-state index in [0.717, 1.165) is 25.9 Å². The van der Waals surface area contributed by atoms with Crippen molar-refractivity contribution in [1.29, 1.82) is 0 Å². The van der Waals surface area contributed by atoms with Crippen molar-refractivity contribution in [2.24, 2.45) is 5.92 Å². The molecule has 6 heteroatoms. The van der Waals surface area contributed by atoms with Gasteiger partial charge in [-0.25, -0.2) is 10.4 Å². The first-order valence-corrected chi connectivity index (χ1v) is 9.98. The van der Waals surface area contributed by atoms with Crippen molar-refractivity contribution in [3.63, 3.8) is 0 Å². The Bertz CT molecular complexity index is 404. The van der Waals surface area contributed by atoms with E-state index in [4.69, 9.17) is 5.21 Å². The lowest BCUT2D eigenvalue weighted by Gasteiger charge is -2.39. The molecule has 3 aliphatic rings. The molecule has 0 aromatic rings. The molecule has 0 radical (unpaired) electrons. The maximum atomic E-state index is 12.8. The topological polar surface area (TPSA) is 81.3 Å². The Kier molecular flexibility index (Phi) is 6.63. The van der Waals surface area contributed by atoms with Crippen LogP contribution >= 0.6 is 0 Å². The number of Topliss-reactive ketones (excluding diaryl/α,β-unsaturated/α-hetero) is 1. The molecule has 4 unspecified atom stereocenters. The average molecular weight is 340 g/mol. The standard InChI is InChI=1S/C18H33N3O3/c22-18(14-7-9-15(10-8-14)21(23)24)13-20-12-4-2-6-17(20)16-5-1-3-11-19-16/h14-17,19,21,23H,1-13H2/p+1. The molecule has 1 aliphatic carbocycles. The molecule has 2 aliphatic heterocycles. The van der Waals surface area contributed by atoms with Gasteiger partial charge in [0.25, 0.3) is 0 Å². The number of ketones is 1. The van der Waals surface area contributed by atoms with E-state index in [0.29, 0.717) is 37.3 Å². The summed E-state index contributed by atoms with van der Waals surface area (Å²) in [4.78, 5) is 14.3. The zero-order chi connectivity index (χ0) is 16.9. The zero-order valence-corrected chi connectivity index (χ0v) is 14.8. The SMILES string of the molecule is O=C(C[NH+]1CCCCC1C1CCCCN1)C1CCC([NH+]([O-])O)CC1. The van der Waals surface area contributed by atoms with Gasteiger partial charge >= 0.3 is 0 Å². The summed E-state index contributed by atoms with van der Waals surface area (Å²) in [5.74, 6) is 0.492. The van der Waals surface area contributed by atoms with Crippen molar-refractivity contribution in [2.45, 2.75) is 82.3 Å². The van der Waals surface area contributed by atoms with Crippen LogP contribution in [0.25, 0.3) is 0 Å². The molecule has 0 aromatic heterocycles. The summed E-state index contributed by atoms with van der Waals surface area (Å²) in [5.41, 5.74) is 0. The second-order valence-corrected chi connectivity index (χ2v) is 8.10. The molecule has 0 bridgehead atoms. The number of hydroxylamine groups is 2. The first-order chi connectivity index (χ1) is 11.6. The summed E-state index contributed by atoms with van der Waals surface area (Å²) < 4.78 is 0. The number of hydrogen-bond donors (Lipinski definition) is 4. The van der Waals surface area contributed by atoms with Gasteiger partial charge in [-0.3, -0.25) is 4.79 Å². The maximum absolute atomic E-state index is 12.8. The number of carbonyl (C=O) groups excluding carboxylic acids is 1. The first-order valence-electron chi connectivity index (χ1n) is 9.98. The van der Waals surface area contributed by atoms with E-state index in [2.05, 4.69) is 5.32 Å². The van der Waals surface area contributed by atoms with Gasteiger partial charge < -0.3 is 15.4 Å². The molecule has 2 saturated heterocycles. The van der Waals surface area contributed by atoms with Crippen molar-refractivity contribution in [1.82, 2.24) is 5.32 Å². The monoisotopic (exact) mass is 340 g/mol. The van der Waals surface area contributed by atoms with Crippen molar-refractivity contribution in [3.8, 4) is 0 Å². The molecule has 6 nitrogen and oxygen atoms in total. The van der Waals surface area contributed by atoms with Crippen molar-refractivity contribution in [2.75, 3.05) is 19.6 Å². The molecular weight excluding hydrogens is 306 g/mol. The summed E-state index contributed by atoms with van der Waals surface area (Å²) in [6.45, 7) is 2.91. The molecule has 0 aromatic carbocycles. The number of hydrogen-bond acceptors (Lipinski definition) is 4. The molecule has 0 spiro atoms.